The summed E-state index contributed by atoms with van der Waals surface area (Å²) in [5.74, 6) is 0.618. The first-order valence-electron chi connectivity index (χ1n) is 14.7. The molecule has 16 nitrogen and oxygen atoms in total. The van der Waals surface area contributed by atoms with Gasteiger partial charge in [0.2, 0.25) is 5.95 Å². The molecular formula is C28H29ClN12O4. The Bertz CT molecular complexity index is 1720. The molecule has 1 saturated carbocycles. The minimum Gasteiger partial charge on any atom is -0.444 e. The van der Waals surface area contributed by atoms with Crippen molar-refractivity contribution in [2.24, 2.45) is 5.18 Å². The third kappa shape index (κ3) is 5.87. The first-order valence-corrected chi connectivity index (χ1v) is 15.1. The van der Waals surface area contributed by atoms with Crippen molar-refractivity contribution in [3.63, 3.8) is 0 Å². The Morgan fingerprint density at radius 1 is 1.16 bits per heavy atom. The number of anilines is 4. The molecule has 3 aliphatic heterocycles. The summed E-state index contributed by atoms with van der Waals surface area (Å²) < 4.78 is 12.1. The van der Waals surface area contributed by atoms with E-state index in [4.69, 9.17) is 21.1 Å². The van der Waals surface area contributed by atoms with Gasteiger partial charge in [-0.05, 0) is 31.4 Å². The molecule has 3 N–H and O–H groups in total. The Balaban J connectivity index is 1.06. The fourth-order valence-electron chi connectivity index (χ4n) is 5.68. The number of nitroso groups, excluding NO2 is 1. The fraction of sp³-hybridized carbons (Fsp3) is 0.500. The van der Waals surface area contributed by atoms with E-state index in [9.17, 15) is 20.2 Å². The van der Waals surface area contributed by atoms with Crippen LogP contribution in [0.2, 0.25) is 5.02 Å². The molecule has 1 amide bonds. The SMILES string of the molecule is N#Cc1cc(Nc2nc(NC3CC3)c3ncc(C#N)n3n2)c(Cl)c(N2CC[C@@H](NC(=O)OC3CN(C4COC4)C3)C(N=O)C2)c1. The zero-order valence-electron chi connectivity index (χ0n) is 24.0. The summed E-state index contributed by atoms with van der Waals surface area (Å²) in [5, 5.41) is 36.6. The lowest BCUT2D eigenvalue weighted by Gasteiger charge is -2.46. The number of likely N-dealkylation sites (tertiary alicyclic amines) is 1. The van der Waals surface area contributed by atoms with Crippen LogP contribution in [0.1, 0.15) is 30.5 Å². The number of nitrogens with zero attached hydrogens (tertiary/aromatic N) is 9. The molecule has 45 heavy (non-hydrogen) atoms. The van der Waals surface area contributed by atoms with Gasteiger partial charge in [0.25, 0.3) is 0 Å². The van der Waals surface area contributed by atoms with Crippen LogP contribution in [-0.2, 0) is 9.47 Å². The number of halogens is 1. The second-order valence-corrected chi connectivity index (χ2v) is 12.0. The van der Waals surface area contributed by atoms with E-state index >= 15 is 0 Å². The number of hydrogen-bond donors (Lipinski definition) is 3. The van der Waals surface area contributed by atoms with Gasteiger partial charge >= 0.3 is 6.09 Å². The molecule has 2 aromatic heterocycles. The molecule has 1 unspecified atom stereocenters. The van der Waals surface area contributed by atoms with Crippen LogP contribution in [0, 0.1) is 27.6 Å². The Kier molecular flexibility index (Phi) is 7.70. The van der Waals surface area contributed by atoms with Gasteiger partial charge in [-0.2, -0.15) is 24.9 Å². The van der Waals surface area contributed by atoms with Gasteiger partial charge in [0.05, 0.1) is 59.5 Å². The Morgan fingerprint density at radius 3 is 2.67 bits per heavy atom. The van der Waals surface area contributed by atoms with Crippen molar-refractivity contribution < 1.29 is 14.3 Å². The van der Waals surface area contributed by atoms with Crippen molar-refractivity contribution in [1.29, 1.82) is 10.5 Å². The summed E-state index contributed by atoms with van der Waals surface area (Å²) in [5.41, 5.74) is 1.85. The van der Waals surface area contributed by atoms with Crippen LogP contribution in [0.4, 0.5) is 27.9 Å². The molecule has 0 spiro atoms. The highest BCUT2D eigenvalue weighted by Crippen LogP contribution is 2.38. The number of carbonyl (C=O) groups excluding carboxylic acids is 1. The van der Waals surface area contributed by atoms with Crippen molar-refractivity contribution in [2.45, 2.75) is 49.5 Å². The highest BCUT2D eigenvalue weighted by molar-refractivity contribution is 6.36. The van der Waals surface area contributed by atoms with Gasteiger partial charge in [0.1, 0.15) is 18.2 Å². The Labute approximate surface area is 262 Å². The third-order valence-corrected chi connectivity index (χ3v) is 8.87. The van der Waals surface area contributed by atoms with Gasteiger partial charge < -0.3 is 30.3 Å². The summed E-state index contributed by atoms with van der Waals surface area (Å²) in [6.07, 6.45) is 3.07. The minimum absolute atomic E-state index is 0.146. The van der Waals surface area contributed by atoms with E-state index in [1.54, 1.807) is 12.1 Å². The number of nitriles is 2. The van der Waals surface area contributed by atoms with E-state index in [0.29, 0.717) is 73.7 Å². The number of fused-ring (bicyclic) bond motifs is 1. The summed E-state index contributed by atoms with van der Waals surface area (Å²) in [6, 6.07) is 6.81. The van der Waals surface area contributed by atoms with E-state index in [0.717, 1.165) is 12.8 Å². The second kappa shape index (κ2) is 12.0. The maximum atomic E-state index is 12.6. The lowest BCUT2D eigenvalue weighted by atomic mass is 9.99. The first kappa shape index (κ1) is 29.0. The fourth-order valence-corrected chi connectivity index (χ4v) is 5.96. The molecule has 17 heteroatoms. The standard InChI is InChI=1S/C28H29ClN12O4/c29-24-21(34-27-36-25(33-16-1-2-16)26-32-9-17(8-31)41(26)37-27)5-15(7-30)6-23(24)39-4-3-20(22(12-39)38-43)35-28(42)45-19-10-40(11-19)18-13-44-14-18/h5-6,9,16,18-20,22H,1-4,10-14H2,(H,35,42)(H2,33,34,36,37)/t20-,22?/m1/s1. The molecule has 1 aliphatic carbocycles. The quantitative estimate of drug-likeness (QED) is 0.291. The molecule has 4 aliphatic rings. The largest absolute Gasteiger partial charge is 0.444 e. The van der Waals surface area contributed by atoms with Gasteiger partial charge in [0.15, 0.2) is 17.2 Å². The van der Waals surface area contributed by atoms with Crippen molar-refractivity contribution >= 4 is 46.5 Å². The number of aromatic nitrogens is 4. The molecule has 4 fully saturated rings. The number of nitrogens with one attached hydrogen (secondary N) is 3. The molecule has 0 radical (unpaired) electrons. The monoisotopic (exact) mass is 632 g/mol. The smallest absolute Gasteiger partial charge is 0.407 e. The number of amides is 1. The molecule has 0 bridgehead atoms. The number of carbonyl (C=O) groups is 1. The number of alkyl carbamates (subject to hydrolysis) is 1. The van der Waals surface area contributed by atoms with Crippen LogP contribution in [0.3, 0.4) is 0 Å². The first-order chi connectivity index (χ1) is 21.9. The lowest BCUT2D eigenvalue weighted by Crippen LogP contribution is -2.63. The lowest BCUT2D eigenvalue weighted by molar-refractivity contribution is -0.122. The van der Waals surface area contributed by atoms with Crippen LogP contribution in [0.15, 0.2) is 23.5 Å². The van der Waals surface area contributed by atoms with Crippen LogP contribution in [-0.4, -0.2) is 100 Å². The predicted octanol–water partition coefficient (Wildman–Crippen LogP) is 2.36. The normalized spacial score (nSPS) is 22.1. The van der Waals surface area contributed by atoms with Gasteiger partial charge in [-0.15, -0.1) is 5.10 Å². The van der Waals surface area contributed by atoms with Gasteiger partial charge in [-0.1, -0.05) is 16.8 Å². The molecule has 7 rings (SSSR count). The maximum Gasteiger partial charge on any atom is 0.407 e. The number of rotatable bonds is 9. The summed E-state index contributed by atoms with van der Waals surface area (Å²) in [6.45, 7) is 3.35. The molecule has 1 aromatic carbocycles. The summed E-state index contributed by atoms with van der Waals surface area (Å²) in [4.78, 5) is 37.4. The number of imidazole rings is 1. The minimum atomic E-state index is -0.776. The summed E-state index contributed by atoms with van der Waals surface area (Å²) in [7, 11) is 0. The van der Waals surface area contributed by atoms with E-state index in [1.165, 1.54) is 10.7 Å². The molecular weight excluding hydrogens is 604 g/mol. The highest BCUT2D eigenvalue weighted by Gasteiger charge is 2.39. The average Bonchev–Trinajstić information content (AvgIpc) is 3.72. The number of ether oxygens (including phenoxy) is 2. The Hall–Kier alpha value is -4.77. The number of benzene rings is 1. The van der Waals surface area contributed by atoms with Crippen LogP contribution in [0.25, 0.3) is 5.65 Å². The molecule has 3 saturated heterocycles. The van der Waals surface area contributed by atoms with Crippen LogP contribution in [0.5, 0.6) is 0 Å². The average molecular weight is 633 g/mol. The summed E-state index contributed by atoms with van der Waals surface area (Å²) >= 11 is 6.88. The van der Waals surface area contributed by atoms with Crippen molar-refractivity contribution in [1.82, 2.24) is 29.8 Å². The van der Waals surface area contributed by atoms with Gasteiger partial charge in [-0.25, -0.2) is 9.78 Å². The molecule has 2 atom stereocenters. The van der Waals surface area contributed by atoms with Crippen molar-refractivity contribution in [3.8, 4) is 12.1 Å². The molecule has 5 heterocycles. The number of hydrogen-bond acceptors (Lipinski definition) is 14. The molecule has 3 aromatic rings. The van der Waals surface area contributed by atoms with Crippen molar-refractivity contribution in [3.05, 3.63) is 39.5 Å². The topological polar surface area (TPSA) is 198 Å². The third-order valence-electron chi connectivity index (χ3n) is 8.47. The van der Waals surface area contributed by atoms with Crippen LogP contribution >= 0.6 is 11.6 Å². The van der Waals surface area contributed by atoms with E-state index in [-0.39, 0.29) is 35.4 Å². The van der Waals surface area contributed by atoms with Gasteiger partial charge in [0, 0.05) is 32.2 Å². The zero-order valence-corrected chi connectivity index (χ0v) is 24.8. The zero-order chi connectivity index (χ0) is 31.1. The van der Waals surface area contributed by atoms with Crippen LogP contribution < -0.4 is 20.9 Å². The molecule has 232 valence electrons. The Morgan fingerprint density at radius 2 is 1.98 bits per heavy atom. The van der Waals surface area contributed by atoms with E-state index < -0.39 is 18.2 Å². The van der Waals surface area contributed by atoms with Gasteiger partial charge in [-0.3, -0.25) is 4.90 Å². The highest BCUT2D eigenvalue weighted by atomic mass is 35.5. The van der Waals surface area contributed by atoms with E-state index in [1.807, 2.05) is 4.90 Å². The number of piperidine rings is 1. The predicted molar refractivity (Wildman–Crippen MR) is 161 cm³/mol. The second-order valence-electron chi connectivity index (χ2n) is 11.6. The maximum absolute atomic E-state index is 12.6. The van der Waals surface area contributed by atoms with E-state index in [2.05, 4.69) is 53.2 Å². The van der Waals surface area contributed by atoms with Crippen molar-refractivity contribution in [2.75, 3.05) is 54.9 Å².